The van der Waals surface area contributed by atoms with E-state index in [0.717, 1.165) is 44.6 Å². The van der Waals surface area contributed by atoms with E-state index in [1.54, 1.807) is 0 Å². The maximum Gasteiger partial charge on any atom is 0.159 e. The molecule has 13 rings (SSSR count). The minimum absolute atomic E-state index is 0.537. The maximum absolute atomic E-state index is 6.80. The fourth-order valence-corrected chi connectivity index (χ4v) is 10.9. The van der Waals surface area contributed by atoms with Crippen LogP contribution in [0.1, 0.15) is 22.3 Å². The molecule has 304 valence electrons. The molecule has 2 nitrogen and oxygen atoms in total. The van der Waals surface area contributed by atoms with E-state index in [2.05, 4.69) is 248 Å². The molecule has 1 aliphatic carbocycles. The van der Waals surface area contributed by atoms with Gasteiger partial charge in [-0.15, -0.1) is 0 Å². The number of hydrogen-bond acceptors (Lipinski definition) is 2. The first-order chi connectivity index (χ1) is 32.3. The Balaban J connectivity index is 1.01. The van der Waals surface area contributed by atoms with Crippen LogP contribution in [-0.2, 0) is 5.41 Å². The van der Waals surface area contributed by atoms with E-state index >= 15 is 0 Å². The van der Waals surface area contributed by atoms with Crippen LogP contribution in [0.25, 0.3) is 76.9 Å². The van der Waals surface area contributed by atoms with Gasteiger partial charge in [-0.3, -0.25) is 0 Å². The molecule has 2 heteroatoms. The lowest BCUT2D eigenvalue weighted by atomic mass is 9.67. The molecule has 12 aromatic rings. The molecule has 0 atom stereocenters. The lowest BCUT2D eigenvalue weighted by Crippen LogP contribution is -2.28. The van der Waals surface area contributed by atoms with Crippen LogP contribution in [-0.4, -0.2) is 0 Å². The zero-order valence-electron chi connectivity index (χ0n) is 35.5. The van der Waals surface area contributed by atoms with Crippen molar-refractivity contribution < 1.29 is 4.42 Å². The van der Waals surface area contributed by atoms with Crippen molar-refractivity contribution in [2.75, 3.05) is 4.90 Å². The molecule has 0 bridgehead atoms. The molecule has 1 heterocycles. The standard InChI is InChI=1S/C63H41NO/c1-3-19-44(20-4-1)63(45-21-5-2-6-22-45)58-30-13-11-26-54(58)55-38-37-47(41-59(55)63)64(60-31-16-29-57-56-27-12-14-32-61(56)65-62(57)60)46-35-33-43(34-36-46)49-39-40-53(52-25-10-9-24-50(49)52)51-28-15-18-42-17-7-8-23-48(42)51/h1-41H. The van der Waals surface area contributed by atoms with E-state index in [0.29, 0.717) is 0 Å². The molecule has 0 saturated carbocycles. The van der Waals surface area contributed by atoms with E-state index in [1.165, 1.54) is 71.6 Å². The number of nitrogens with zero attached hydrogens (tertiary/aromatic N) is 1. The summed E-state index contributed by atoms with van der Waals surface area (Å²) < 4.78 is 6.80. The lowest BCUT2D eigenvalue weighted by Gasteiger charge is -2.35. The number of hydrogen-bond donors (Lipinski definition) is 0. The smallest absolute Gasteiger partial charge is 0.159 e. The van der Waals surface area contributed by atoms with Gasteiger partial charge < -0.3 is 9.32 Å². The third kappa shape index (κ3) is 5.67. The first kappa shape index (κ1) is 37.1. The van der Waals surface area contributed by atoms with Gasteiger partial charge >= 0.3 is 0 Å². The molecule has 0 spiro atoms. The van der Waals surface area contributed by atoms with Crippen molar-refractivity contribution in [3.8, 4) is 33.4 Å². The zero-order chi connectivity index (χ0) is 42.9. The highest BCUT2D eigenvalue weighted by Crippen LogP contribution is 2.57. The van der Waals surface area contributed by atoms with Crippen LogP contribution in [0, 0.1) is 0 Å². The average molecular weight is 828 g/mol. The second kappa shape index (κ2) is 14.8. The molecule has 1 aliphatic rings. The Bertz CT molecular complexity index is 3730. The Morgan fingerprint density at radius 2 is 0.846 bits per heavy atom. The van der Waals surface area contributed by atoms with E-state index < -0.39 is 5.41 Å². The SMILES string of the molecule is c1ccc(C2(c3ccccc3)c3ccccc3-c3ccc(N(c4ccc(-c5ccc(-c6cccc7ccccc67)c6ccccc56)cc4)c4cccc5c4oc4ccccc45)cc32)cc1. The topological polar surface area (TPSA) is 16.4 Å². The average Bonchev–Trinajstić information content (AvgIpc) is 3.91. The van der Waals surface area contributed by atoms with E-state index in [-0.39, 0.29) is 0 Å². The molecule has 0 saturated heterocycles. The number of anilines is 3. The molecule has 65 heavy (non-hydrogen) atoms. The summed E-state index contributed by atoms with van der Waals surface area (Å²) in [5, 5.41) is 7.17. The highest BCUT2D eigenvalue weighted by molar-refractivity contribution is 6.11. The van der Waals surface area contributed by atoms with Crippen LogP contribution in [0.5, 0.6) is 0 Å². The number of fused-ring (bicyclic) bond motifs is 8. The summed E-state index contributed by atoms with van der Waals surface area (Å²) in [7, 11) is 0. The second-order valence-corrected chi connectivity index (χ2v) is 17.1. The number of rotatable bonds is 7. The predicted molar refractivity (Wildman–Crippen MR) is 272 cm³/mol. The molecular formula is C63H41NO. The Kier molecular flexibility index (Phi) is 8.47. The first-order valence-electron chi connectivity index (χ1n) is 22.4. The number of benzene rings is 11. The van der Waals surface area contributed by atoms with Crippen LogP contribution >= 0.6 is 0 Å². The molecule has 0 unspecified atom stereocenters. The van der Waals surface area contributed by atoms with Gasteiger partial charge in [0.15, 0.2) is 5.58 Å². The van der Waals surface area contributed by atoms with Crippen molar-refractivity contribution in [3.05, 3.63) is 271 Å². The molecule has 0 N–H and O–H groups in total. The molecule has 11 aromatic carbocycles. The van der Waals surface area contributed by atoms with Crippen LogP contribution < -0.4 is 4.90 Å². The normalized spacial score (nSPS) is 12.7. The molecule has 0 fully saturated rings. The largest absolute Gasteiger partial charge is 0.454 e. The third-order valence-corrected chi connectivity index (χ3v) is 13.8. The van der Waals surface area contributed by atoms with Gasteiger partial charge in [0.25, 0.3) is 0 Å². The maximum atomic E-state index is 6.80. The molecular weight excluding hydrogens is 787 g/mol. The highest BCUT2D eigenvalue weighted by Gasteiger charge is 2.46. The van der Waals surface area contributed by atoms with Gasteiger partial charge in [0, 0.05) is 22.1 Å². The summed E-state index contributed by atoms with van der Waals surface area (Å²) >= 11 is 0. The Hall–Kier alpha value is -8.46. The van der Waals surface area contributed by atoms with Gasteiger partial charge in [-0.25, -0.2) is 0 Å². The molecule has 0 radical (unpaired) electrons. The fraction of sp³-hybridized carbons (Fsp3) is 0.0159. The lowest BCUT2D eigenvalue weighted by molar-refractivity contribution is 0.669. The molecule has 0 aliphatic heterocycles. The van der Waals surface area contributed by atoms with Crippen molar-refractivity contribution in [2.45, 2.75) is 5.41 Å². The highest BCUT2D eigenvalue weighted by atomic mass is 16.3. The minimum Gasteiger partial charge on any atom is -0.454 e. The van der Waals surface area contributed by atoms with Crippen molar-refractivity contribution in [1.82, 2.24) is 0 Å². The second-order valence-electron chi connectivity index (χ2n) is 17.1. The van der Waals surface area contributed by atoms with Gasteiger partial charge in [0.2, 0.25) is 0 Å². The molecule has 1 aromatic heterocycles. The predicted octanol–water partition coefficient (Wildman–Crippen LogP) is 17.1. The third-order valence-electron chi connectivity index (χ3n) is 13.8. The summed E-state index contributed by atoms with van der Waals surface area (Å²) in [6, 6.07) is 90.7. The van der Waals surface area contributed by atoms with Crippen molar-refractivity contribution in [2.24, 2.45) is 0 Å². The zero-order valence-corrected chi connectivity index (χ0v) is 35.5. The van der Waals surface area contributed by atoms with E-state index in [4.69, 9.17) is 4.42 Å². The first-order valence-corrected chi connectivity index (χ1v) is 22.4. The molecule has 0 amide bonds. The summed E-state index contributed by atoms with van der Waals surface area (Å²) in [4.78, 5) is 2.39. The van der Waals surface area contributed by atoms with Gasteiger partial charge in [-0.1, -0.05) is 212 Å². The number of furan rings is 1. The van der Waals surface area contributed by atoms with Gasteiger partial charge in [-0.2, -0.15) is 0 Å². The number of para-hydroxylation sites is 2. The van der Waals surface area contributed by atoms with Gasteiger partial charge in [-0.05, 0) is 114 Å². The fourth-order valence-electron chi connectivity index (χ4n) is 10.9. The minimum atomic E-state index is -0.537. The summed E-state index contributed by atoms with van der Waals surface area (Å²) in [6.45, 7) is 0. The van der Waals surface area contributed by atoms with Gasteiger partial charge in [0.1, 0.15) is 5.58 Å². The van der Waals surface area contributed by atoms with Crippen LogP contribution in [0.3, 0.4) is 0 Å². The monoisotopic (exact) mass is 827 g/mol. The van der Waals surface area contributed by atoms with Crippen molar-refractivity contribution in [3.63, 3.8) is 0 Å². The Labute approximate surface area is 377 Å². The summed E-state index contributed by atoms with van der Waals surface area (Å²) in [6.07, 6.45) is 0. The van der Waals surface area contributed by atoms with E-state index in [1.807, 2.05) is 6.07 Å². The quantitative estimate of drug-likeness (QED) is 0.159. The summed E-state index contributed by atoms with van der Waals surface area (Å²) in [5.74, 6) is 0. The van der Waals surface area contributed by atoms with E-state index in [9.17, 15) is 0 Å². The summed E-state index contributed by atoms with van der Waals surface area (Å²) in [5.41, 5.74) is 16.6. The van der Waals surface area contributed by atoms with Gasteiger partial charge in [0.05, 0.1) is 11.1 Å². The van der Waals surface area contributed by atoms with Crippen molar-refractivity contribution in [1.29, 1.82) is 0 Å². The Morgan fingerprint density at radius 1 is 0.323 bits per heavy atom. The Morgan fingerprint density at radius 3 is 1.63 bits per heavy atom. The van der Waals surface area contributed by atoms with Crippen LogP contribution in [0.4, 0.5) is 17.1 Å². The van der Waals surface area contributed by atoms with Crippen LogP contribution in [0.15, 0.2) is 253 Å². The van der Waals surface area contributed by atoms with Crippen molar-refractivity contribution >= 4 is 60.5 Å². The van der Waals surface area contributed by atoms with Crippen LogP contribution in [0.2, 0.25) is 0 Å².